The molecule has 1 aromatic carbocycles. The van der Waals surface area contributed by atoms with Crippen molar-refractivity contribution in [3.63, 3.8) is 0 Å². The largest absolute Gasteiger partial charge is 0.508 e. The van der Waals surface area contributed by atoms with Gasteiger partial charge < -0.3 is 10.4 Å². The van der Waals surface area contributed by atoms with Gasteiger partial charge in [0.15, 0.2) is 9.84 Å². The van der Waals surface area contributed by atoms with E-state index in [2.05, 4.69) is 5.32 Å². The first kappa shape index (κ1) is 10.4. The Morgan fingerprint density at radius 3 is 2.73 bits per heavy atom. The number of aromatic hydroxyl groups is 1. The minimum Gasteiger partial charge on any atom is -0.508 e. The third-order valence-electron chi connectivity index (χ3n) is 2.42. The van der Waals surface area contributed by atoms with Crippen LogP contribution in [0.3, 0.4) is 0 Å². The fraction of sp³-hybridized carbons (Fsp3) is 0.400. The van der Waals surface area contributed by atoms with Crippen LogP contribution in [0.15, 0.2) is 24.3 Å². The lowest BCUT2D eigenvalue weighted by atomic mass is 10.2. The SMILES string of the molecule is O=S1(=O)CC(NCc2cccc(O)c2)C1. The van der Waals surface area contributed by atoms with Crippen molar-refractivity contribution in [2.45, 2.75) is 12.6 Å². The van der Waals surface area contributed by atoms with Crippen LogP contribution in [0, 0.1) is 0 Å². The van der Waals surface area contributed by atoms with E-state index in [1.807, 2.05) is 6.07 Å². The first-order chi connectivity index (χ1) is 7.05. The minimum absolute atomic E-state index is 0.0670. The Balaban J connectivity index is 1.84. The molecule has 1 saturated heterocycles. The van der Waals surface area contributed by atoms with Gasteiger partial charge in [0, 0.05) is 12.6 Å². The lowest BCUT2D eigenvalue weighted by Crippen LogP contribution is -2.50. The van der Waals surface area contributed by atoms with Gasteiger partial charge in [0.2, 0.25) is 0 Å². The van der Waals surface area contributed by atoms with Gasteiger partial charge in [0.05, 0.1) is 11.5 Å². The number of phenols is 1. The van der Waals surface area contributed by atoms with E-state index in [4.69, 9.17) is 0 Å². The van der Waals surface area contributed by atoms with E-state index in [0.717, 1.165) is 5.56 Å². The van der Waals surface area contributed by atoms with Crippen molar-refractivity contribution in [1.29, 1.82) is 0 Å². The van der Waals surface area contributed by atoms with Crippen LogP contribution in [0.4, 0.5) is 0 Å². The Labute approximate surface area is 88.9 Å². The molecule has 2 N–H and O–H groups in total. The topological polar surface area (TPSA) is 66.4 Å². The average molecular weight is 227 g/mol. The van der Waals surface area contributed by atoms with Crippen LogP contribution in [0.25, 0.3) is 0 Å². The predicted molar refractivity (Wildman–Crippen MR) is 57.4 cm³/mol. The fourth-order valence-corrected chi connectivity index (χ4v) is 2.97. The molecule has 15 heavy (non-hydrogen) atoms. The first-order valence-electron chi connectivity index (χ1n) is 4.77. The quantitative estimate of drug-likeness (QED) is 0.778. The van der Waals surface area contributed by atoms with Crippen molar-refractivity contribution in [2.24, 2.45) is 0 Å². The molecule has 82 valence electrons. The molecule has 1 aliphatic rings. The summed E-state index contributed by atoms with van der Waals surface area (Å²) in [4.78, 5) is 0. The summed E-state index contributed by atoms with van der Waals surface area (Å²) in [6.45, 7) is 0.592. The van der Waals surface area contributed by atoms with Crippen LogP contribution in [0.5, 0.6) is 5.75 Å². The lowest BCUT2D eigenvalue weighted by Gasteiger charge is -2.26. The molecular formula is C10H13NO3S. The van der Waals surface area contributed by atoms with Gasteiger partial charge in [0.1, 0.15) is 5.75 Å². The third kappa shape index (κ3) is 2.70. The van der Waals surface area contributed by atoms with Crippen LogP contribution in [-0.2, 0) is 16.4 Å². The molecule has 5 heteroatoms. The van der Waals surface area contributed by atoms with Crippen LogP contribution < -0.4 is 5.32 Å². The van der Waals surface area contributed by atoms with E-state index < -0.39 is 9.84 Å². The molecule has 0 saturated carbocycles. The molecule has 1 aliphatic heterocycles. The van der Waals surface area contributed by atoms with Gasteiger partial charge in [-0.25, -0.2) is 8.42 Å². The lowest BCUT2D eigenvalue weighted by molar-refractivity contribution is 0.472. The molecule has 1 heterocycles. The molecule has 0 aliphatic carbocycles. The summed E-state index contributed by atoms with van der Waals surface area (Å²) >= 11 is 0. The zero-order valence-electron chi connectivity index (χ0n) is 8.18. The molecule has 0 atom stereocenters. The van der Waals surface area contributed by atoms with Gasteiger partial charge >= 0.3 is 0 Å². The Bertz CT molecular complexity index is 443. The number of hydrogen-bond donors (Lipinski definition) is 2. The van der Waals surface area contributed by atoms with E-state index >= 15 is 0 Å². The van der Waals surface area contributed by atoms with Crippen molar-refractivity contribution in [3.05, 3.63) is 29.8 Å². The molecule has 1 fully saturated rings. The number of rotatable bonds is 3. The standard InChI is InChI=1S/C10H13NO3S/c12-10-3-1-2-8(4-10)5-11-9-6-15(13,14)7-9/h1-4,9,11-12H,5-7H2. The molecule has 0 bridgehead atoms. The summed E-state index contributed by atoms with van der Waals surface area (Å²) in [5.41, 5.74) is 0.958. The molecule has 0 radical (unpaired) electrons. The van der Waals surface area contributed by atoms with Gasteiger partial charge in [-0.2, -0.15) is 0 Å². The highest BCUT2D eigenvalue weighted by Crippen LogP contribution is 2.13. The average Bonchev–Trinajstić information content (AvgIpc) is 2.11. The minimum atomic E-state index is -2.76. The fourth-order valence-electron chi connectivity index (χ4n) is 1.61. The van der Waals surface area contributed by atoms with Crippen LogP contribution in [0.1, 0.15) is 5.56 Å². The molecule has 0 spiro atoms. The van der Waals surface area contributed by atoms with E-state index in [-0.39, 0.29) is 23.3 Å². The summed E-state index contributed by atoms with van der Waals surface area (Å²) < 4.78 is 21.8. The smallest absolute Gasteiger partial charge is 0.153 e. The number of hydrogen-bond acceptors (Lipinski definition) is 4. The zero-order valence-corrected chi connectivity index (χ0v) is 9.00. The van der Waals surface area contributed by atoms with Crippen molar-refractivity contribution in [3.8, 4) is 5.75 Å². The monoisotopic (exact) mass is 227 g/mol. The molecule has 1 aromatic rings. The van der Waals surface area contributed by atoms with E-state index in [1.165, 1.54) is 0 Å². The van der Waals surface area contributed by atoms with E-state index in [1.54, 1.807) is 18.2 Å². The van der Waals surface area contributed by atoms with Gasteiger partial charge in [-0.05, 0) is 17.7 Å². The Kier molecular flexibility index (Phi) is 2.67. The van der Waals surface area contributed by atoms with Gasteiger partial charge in [0.25, 0.3) is 0 Å². The van der Waals surface area contributed by atoms with Crippen LogP contribution >= 0.6 is 0 Å². The van der Waals surface area contributed by atoms with Crippen molar-refractivity contribution in [2.75, 3.05) is 11.5 Å². The summed E-state index contributed by atoms with van der Waals surface area (Å²) in [6.07, 6.45) is 0. The Hall–Kier alpha value is -1.07. The van der Waals surface area contributed by atoms with Gasteiger partial charge in [-0.1, -0.05) is 12.1 Å². The Morgan fingerprint density at radius 2 is 2.13 bits per heavy atom. The maximum absolute atomic E-state index is 10.9. The third-order valence-corrected chi connectivity index (χ3v) is 4.24. The second-order valence-electron chi connectivity index (χ2n) is 3.82. The predicted octanol–water partition coefficient (Wildman–Crippen LogP) is 0.279. The number of sulfone groups is 1. The molecule has 4 nitrogen and oxygen atoms in total. The second-order valence-corrected chi connectivity index (χ2v) is 5.98. The number of phenolic OH excluding ortho intramolecular Hbond substituents is 1. The van der Waals surface area contributed by atoms with Gasteiger partial charge in [-0.15, -0.1) is 0 Å². The molecule has 0 unspecified atom stereocenters. The van der Waals surface area contributed by atoms with Crippen molar-refractivity contribution < 1.29 is 13.5 Å². The van der Waals surface area contributed by atoms with Crippen molar-refractivity contribution >= 4 is 9.84 Å². The highest BCUT2D eigenvalue weighted by molar-refractivity contribution is 7.92. The van der Waals surface area contributed by atoms with Crippen molar-refractivity contribution in [1.82, 2.24) is 5.32 Å². The molecule has 0 aromatic heterocycles. The summed E-state index contributed by atoms with van der Waals surface area (Å²) in [7, 11) is -2.76. The highest BCUT2D eigenvalue weighted by Gasteiger charge is 2.32. The number of benzene rings is 1. The first-order valence-corrected chi connectivity index (χ1v) is 6.59. The zero-order chi connectivity index (χ0) is 10.9. The van der Waals surface area contributed by atoms with E-state index in [9.17, 15) is 13.5 Å². The van der Waals surface area contributed by atoms with Gasteiger partial charge in [-0.3, -0.25) is 0 Å². The maximum atomic E-state index is 10.9. The Morgan fingerprint density at radius 1 is 1.40 bits per heavy atom. The normalized spacial score (nSPS) is 19.7. The summed E-state index contributed by atoms with van der Waals surface area (Å²) in [6, 6.07) is 7.00. The second kappa shape index (κ2) is 3.83. The van der Waals surface area contributed by atoms with Crippen LogP contribution in [-0.4, -0.2) is 31.1 Å². The maximum Gasteiger partial charge on any atom is 0.153 e. The molecular weight excluding hydrogens is 214 g/mol. The number of nitrogens with one attached hydrogen (secondary N) is 1. The summed E-state index contributed by atoms with van der Waals surface area (Å²) in [5.74, 6) is 0.688. The van der Waals surface area contributed by atoms with Crippen LogP contribution in [0.2, 0.25) is 0 Å². The van der Waals surface area contributed by atoms with E-state index in [0.29, 0.717) is 6.54 Å². The molecule has 2 rings (SSSR count). The summed E-state index contributed by atoms with van der Waals surface area (Å²) in [5, 5.41) is 12.3. The highest BCUT2D eigenvalue weighted by atomic mass is 32.2. The molecule has 0 amide bonds.